The largest absolute Gasteiger partial charge is 0.485 e. The van der Waals surface area contributed by atoms with Gasteiger partial charge in [-0.05, 0) is 31.2 Å². The highest BCUT2D eigenvalue weighted by Crippen LogP contribution is 2.30. The molecule has 2 heterocycles. The van der Waals surface area contributed by atoms with Gasteiger partial charge >= 0.3 is 0 Å². The topological polar surface area (TPSA) is 97.0 Å². The summed E-state index contributed by atoms with van der Waals surface area (Å²) in [6.45, 7) is 1.60. The number of hydrogen-bond donors (Lipinski definition) is 3. The third-order valence-electron chi connectivity index (χ3n) is 5.45. The minimum Gasteiger partial charge on any atom is -0.485 e. The van der Waals surface area contributed by atoms with Crippen LogP contribution in [0.25, 0.3) is 11.1 Å². The first-order chi connectivity index (χ1) is 16.4. The van der Waals surface area contributed by atoms with E-state index in [0.29, 0.717) is 11.4 Å². The minimum absolute atomic E-state index is 0.0563. The lowest BCUT2D eigenvalue weighted by molar-refractivity contribution is 0.0731. The molecule has 0 spiro atoms. The summed E-state index contributed by atoms with van der Waals surface area (Å²) in [6.07, 6.45) is 0.881. The third-order valence-corrected chi connectivity index (χ3v) is 5.45. The van der Waals surface area contributed by atoms with Gasteiger partial charge in [-0.15, -0.1) is 0 Å². The maximum Gasteiger partial charge on any atom is 0.150 e. The normalized spacial score (nSPS) is 19.4. The molecule has 1 saturated heterocycles. The molecular formula is C25H24F2N2O5. The molecule has 1 aliphatic heterocycles. The van der Waals surface area contributed by atoms with Gasteiger partial charge in [-0.1, -0.05) is 17.9 Å². The van der Waals surface area contributed by atoms with Gasteiger partial charge in [0.25, 0.3) is 0 Å². The van der Waals surface area contributed by atoms with Gasteiger partial charge in [0.15, 0.2) is 0 Å². The number of halogens is 2. The number of rotatable bonds is 6. The molecule has 9 heteroatoms. The molecule has 0 amide bonds. The summed E-state index contributed by atoms with van der Waals surface area (Å²) < 4.78 is 41.8. The Morgan fingerprint density at radius 1 is 1.18 bits per heavy atom. The number of ether oxygens (including phenoxy) is 2. The number of nitrogens with zero attached hydrogens (tertiary/aromatic N) is 2. The van der Waals surface area contributed by atoms with Gasteiger partial charge in [0.2, 0.25) is 0 Å². The molecule has 4 atom stereocenters. The van der Waals surface area contributed by atoms with Crippen LogP contribution in [0.5, 0.6) is 5.75 Å². The Bertz CT molecular complexity index is 1220. The predicted molar refractivity (Wildman–Crippen MR) is 119 cm³/mol. The van der Waals surface area contributed by atoms with Crippen LogP contribution in [0.15, 0.2) is 48.8 Å². The van der Waals surface area contributed by atoms with Crippen molar-refractivity contribution in [1.82, 2.24) is 9.55 Å². The molecule has 1 aliphatic rings. The van der Waals surface area contributed by atoms with Crippen molar-refractivity contribution in [2.75, 3.05) is 19.8 Å². The summed E-state index contributed by atoms with van der Waals surface area (Å²) in [5, 5.41) is 29.3. The molecular weight excluding hydrogens is 446 g/mol. The van der Waals surface area contributed by atoms with Crippen LogP contribution in [0.2, 0.25) is 0 Å². The molecule has 178 valence electrons. The molecule has 0 aliphatic carbocycles. The van der Waals surface area contributed by atoms with E-state index >= 15 is 0 Å². The lowest BCUT2D eigenvalue weighted by atomic mass is 10.0. The van der Waals surface area contributed by atoms with Crippen molar-refractivity contribution in [2.45, 2.75) is 31.3 Å². The molecule has 2 aromatic carbocycles. The van der Waals surface area contributed by atoms with Crippen LogP contribution in [0.1, 0.15) is 30.5 Å². The van der Waals surface area contributed by atoms with Gasteiger partial charge in [0.05, 0.1) is 19.8 Å². The second-order valence-electron chi connectivity index (χ2n) is 7.93. The quantitative estimate of drug-likeness (QED) is 0.480. The Kier molecular flexibility index (Phi) is 7.24. The van der Waals surface area contributed by atoms with Crippen LogP contribution in [0, 0.1) is 23.5 Å². The molecule has 1 aromatic heterocycles. The first-order valence-corrected chi connectivity index (χ1v) is 10.7. The van der Waals surface area contributed by atoms with E-state index in [-0.39, 0.29) is 36.7 Å². The van der Waals surface area contributed by atoms with Crippen LogP contribution in [-0.4, -0.2) is 56.9 Å². The summed E-state index contributed by atoms with van der Waals surface area (Å²) in [7, 11) is 0. The Hall–Kier alpha value is -3.29. The SMILES string of the molecule is CC(O)c1nccn1C(C#Cc1ccc(-c2ccc(OC3COCC3O)cc2F)c(F)c1)CO. The monoisotopic (exact) mass is 470 g/mol. The molecule has 4 unspecified atom stereocenters. The maximum atomic E-state index is 14.8. The van der Waals surface area contributed by atoms with Crippen molar-refractivity contribution < 1.29 is 33.6 Å². The fourth-order valence-electron chi connectivity index (χ4n) is 3.69. The van der Waals surface area contributed by atoms with Gasteiger partial charge < -0.3 is 29.4 Å². The highest BCUT2D eigenvalue weighted by molar-refractivity contribution is 5.66. The van der Waals surface area contributed by atoms with E-state index in [4.69, 9.17) is 9.47 Å². The van der Waals surface area contributed by atoms with E-state index in [0.717, 1.165) is 6.07 Å². The van der Waals surface area contributed by atoms with Crippen molar-refractivity contribution in [3.63, 3.8) is 0 Å². The van der Waals surface area contributed by atoms with E-state index in [1.165, 1.54) is 30.5 Å². The van der Waals surface area contributed by atoms with E-state index in [1.807, 2.05) is 0 Å². The van der Waals surface area contributed by atoms with Crippen molar-refractivity contribution in [3.05, 3.63) is 71.8 Å². The molecule has 0 radical (unpaired) electrons. The lowest BCUT2D eigenvalue weighted by Gasteiger charge is -2.16. The third kappa shape index (κ3) is 5.11. The number of imidazole rings is 1. The molecule has 1 fully saturated rings. The average molecular weight is 470 g/mol. The number of aliphatic hydroxyl groups is 3. The van der Waals surface area contributed by atoms with Crippen molar-refractivity contribution in [2.24, 2.45) is 0 Å². The van der Waals surface area contributed by atoms with E-state index in [9.17, 15) is 24.1 Å². The fraction of sp³-hybridized carbons (Fsp3) is 0.320. The number of aliphatic hydroxyl groups excluding tert-OH is 3. The zero-order valence-corrected chi connectivity index (χ0v) is 18.4. The zero-order valence-electron chi connectivity index (χ0n) is 18.4. The highest BCUT2D eigenvalue weighted by atomic mass is 19.1. The summed E-state index contributed by atoms with van der Waals surface area (Å²) in [4.78, 5) is 4.06. The molecule has 0 saturated carbocycles. The molecule has 3 aromatic rings. The van der Waals surface area contributed by atoms with Crippen LogP contribution in [0.4, 0.5) is 8.78 Å². The number of aromatic nitrogens is 2. The highest BCUT2D eigenvalue weighted by Gasteiger charge is 2.28. The van der Waals surface area contributed by atoms with E-state index < -0.39 is 36.0 Å². The second-order valence-corrected chi connectivity index (χ2v) is 7.93. The molecule has 3 N–H and O–H groups in total. The standard InChI is InChI=1S/C25H24F2N2O5/c1-15(31)25-28-8-9-29(25)17(12-30)4-2-16-3-6-19(21(26)10-16)20-7-5-18(11-22(20)27)34-24-14-33-13-23(24)32/h3,5-11,15,17,23-24,30-32H,12-14H2,1H3. The van der Waals surface area contributed by atoms with Crippen LogP contribution < -0.4 is 4.74 Å². The summed E-state index contributed by atoms with van der Waals surface area (Å²) >= 11 is 0. The van der Waals surface area contributed by atoms with Gasteiger partial charge in [-0.25, -0.2) is 13.8 Å². The Morgan fingerprint density at radius 2 is 1.91 bits per heavy atom. The van der Waals surface area contributed by atoms with Crippen LogP contribution in [0.3, 0.4) is 0 Å². The van der Waals surface area contributed by atoms with Gasteiger partial charge in [0.1, 0.15) is 47.6 Å². The second kappa shape index (κ2) is 10.3. The molecule has 7 nitrogen and oxygen atoms in total. The van der Waals surface area contributed by atoms with Crippen LogP contribution in [-0.2, 0) is 4.74 Å². The number of hydrogen-bond acceptors (Lipinski definition) is 6. The lowest BCUT2D eigenvalue weighted by Crippen LogP contribution is -2.29. The Morgan fingerprint density at radius 3 is 2.53 bits per heavy atom. The van der Waals surface area contributed by atoms with Crippen molar-refractivity contribution >= 4 is 0 Å². The zero-order chi connectivity index (χ0) is 24.2. The summed E-state index contributed by atoms with van der Waals surface area (Å²) in [5.41, 5.74) is 0.457. The Labute approximate surface area is 195 Å². The average Bonchev–Trinajstić information content (AvgIpc) is 3.45. The fourth-order valence-corrected chi connectivity index (χ4v) is 3.69. The minimum atomic E-state index is -0.842. The Balaban J connectivity index is 1.53. The van der Waals surface area contributed by atoms with Gasteiger partial charge in [-0.3, -0.25) is 0 Å². The first-order valence-electron chi connectivity index (χ1n) is 10.7. The van der Waals surface area contributed by atoms with E-state index in [1.54, 1.807) is 23.8 Å². The molecule has 0 bridgehead atoms. The summed E-state index contributed by atoms with van der Waals surface area (Å²) in [6, 6.07) is 7.56. The maximum absolute atomic E-state index is 14.8. The van der Waals surface area contributed by atoms with Gasteiger partial charge in [-0.2, -0.15) is 0 Å². The van der Waals surface area contributed by atoms with Crippen LogP contribution >= 0.6 is 0 Å². The first kappa shape index (κ1) is 23.9. The molecule has 4 rings (SSSR count). The van der Waals surface area contributed by atoms with E-state index in [2.05, 4.69) is 16.8 Å². The van der Waals surface area contributed by atoms with Gasteiger partial charge in [0, 0.05) is 35.2 Å². The van der Waals surface area contributed by atoms with Crippen molar-refractivity contribution in [1.29, 1.82) is 0 Å². The predicted octanol–water partition coefficient (Wildman–Crippen LogP) is 2.61. The summed E-state index contributed by atoms with van der Waals surface area (Å²) in [5.74, 6) is 4.89. The number of benzene rings is 2. The molecule has 34 heavy (non-hydrogen) atoms. The smallest absolute Gasteiger partial charge is 0.150 e. The van der Waals surface area contributed by atoms with Crippen molar-refractivity contribution in [3.8, 4) is 28.7 Å².